The van der Waals surface area contributed by atoms with Gasteiger partial charge in [0.15, 0.2) is 0 Å². The number of aromatic nitrogens is 2. The number of unbranched alkanes of at least 4 members (excludes halogenated alkanes) is 2. The van der Waals surface area contributed by atoms with Crippen molar-refractivity contribution >= 4 is 11.5 Å². The molecule has 0 bridgehead atoms. The third kappa shape index (κ3) is 3.16. The van der Waals surface area contributed by atoms with Gasteiger partial charge in [0.2, 0.25) is 0 Å². The fraction of sp³-hybridized carbons (Fsp3) is 0.556. The monoisotopic (exact) mass is 212 g/mol. The largest absolute Gasteiger partial charge is 0.391 e. The predicted molar refractivity (Wildman–Crippen MR) is 60.1 cm³/mol. The van der Waals surface area contributed by atoms with Crippen molar-refractivity contribution in [3.05, 3.63) is 20.8 Å². The number of aromatic amines is 2. The van der Waals surface area contributed by atoms with Crippen molar-refractivity contribution in [3.8, 4) is 0 Å². The zero-order valence-corrected chi connectivity index (χ0v) is 8.72. The summed E-state index contributed by atoms with van der Waals surface area (Å²) in [5.74, 6) is 0.305. The molecule has 0 radical (unpaired) electrons. The molecule has 0 amide bonds. The molecule has 0 spiro atoms. The second-order valence-electron chi connectivity index (χ2n) is 3.33. The first kappa shape index (κ1) is 11.4. The molecule has 0 atom stereocenters. The average molecular weight is 212 g/mol. The van der Waals surface area contributed by atoms with E-state index in [1.54, 1.807) is 0 Å². The van der Waals surface area contributed by atoms with Crippen LogP contribution in [-0.4, -0.2) is 16.5 Å². The summed E-state index contributed by atoms with van der Waals surface area (Å²) < 4.78 is 0. The maximum absolute atomic E-state index is 11.1. The Morgan fingerprint density at radius 3 is 2.67 bits per heavy atom. The number of H-pyrrole nitrogens is 2. The first-order valence-electron chi connectivity index (χ1n) is 5.01. The van der Waals surface area contributed by atoms with E-state index in [0.717, 1.165) is 19.3 Å². The normalized spacial score (nSPS) is 10.2. The Bertz CT molecular complexity index is 421. The fourth-order valence-corrected chi connectivity index (χ4v) is 1.22. The molecule has 0 unspecified atom stereocenters. The lowest BCUT2D eigenvalue weighted by Crippen LogP contribution is -2.27. The standard InChI is InChI=1S/C9H16N4O2/c1-2-3-4-5-11-7-6(10)8(14)13-9(15)12-7/h2-5,10H2,1H3,(H3,11,12,13,14,15). The molecule has 0 aliphatic rings. The van der Waals surface area contributed by atoms with E-state index < -0.39 is 11.2 Å². The van der Waals surface area contributed by atoms with Crippen molar-refractivity contribution in [2.75, 3.05) is 17.6 Å². The van der Waals surface area contributed by atoms with E-state index >= 15 is 0 Å². The van der Waals surface area contributed by atoms with Crippen LogP contribution in [0.5, 0.6) is 0 Å². The van der Waals surface area contributed by atoms with Crippen LogP contribution >= 0.6 is 0 Å². The van der Waals surface area contributed by atoms with Gasteiger partial charge in [-0.1, -0.05) is 19.8 Å². The Kier molecular flexibility index (Phi) is 3.96. The van der Waals surface area contributed by atoms with Crippen LogP contribution in [0, 0.1) is 0 Å². The van der Waals surface area contributed by atoms with Crippen molar-refractivity contribution in [2.24, 2.45) is 0 Å². The van der Waals surface area contributed by atoms with Gasteiger partial charge in [0.05, 0.1) is 0 Å². The van der Waals surface area contributed by atoms with E-state index in [4.69, 9.17) is 5.73 Å². The highest BCUT2D eigenvalue weighted by Crippen LogP contribution is 2.06. The lowest BCUT2D eigenvalue weighted by Gasteiger charge is -2.06. The highest BCUT2D eigenvalue weighted by atomic mass is 16.2. The molecule has 84 valence electrons. The van der Waals surface area contributed by atoms with Gasteiger partial charge in [-0.3, -0.25) is 14.8 Å². The molecular formula is C9H16N4O2. The number of rotatable bonds is 5. The quantitative estimate of drug-likeness (QED) is 0.525. The Labute approximate surface area is 86.9 Å². The van der Waals surface area contributed by atoms with Crippen LogP contribution < -0.4 is 22.3 Å². The van der Waals surface area contributed by atoms with E-state index in [1.165, 1.54) is 0 Å². The van der Waals surface area contributed by atoms with Crippen LogP contribution in [0.1, 0.15) is 26.2 Å². The minimum absolute atomic E-state index is 0.0195. The lowest BCUT2D eigenvalue weighted by atomic mass is 10.2. The van der Waals surface area contributed by atoms with Crippen molar-refractivity contribution in [1.29, 1.82) is 0 Å². The zero-order valence-electron chi connectivity index (χ0n) is 8.72. The van der Waals surface area contributed by atoms with Crippen LogP contribution in [0.2, 0.25) is 0 Å². The second-order valence-corrected chi connectivity index (χ2v) is 3.33. The summed E-state index contributed by atoms with van der Waals surface area (Å²) in [5.41, 5.74) is 4.40. The summed E-state index contributed by atoms with van der Waals surface area (Å²) in [6.45, 7) is 2.79. The van der Waals surface area contributed by atoms with Crippen molar-refractivity contribution in [2.45, 2.75) is 26.2 Å². The molecule has 1 aromatic heterocycles. The molecule has 6 nitrogen and oxygen atoms in total. The highest BCUT2D eigenvalue weighted by Gasteiger charge is 2.03. The van der Waals surface area contributed by atoms with E-state index in [9.17, 15) is 9.59 Å². The van der Waals surface area contributed by atoms with E-state index in [2.05, 4.69) is 17.2 Å². The number of nitrogen functional groups attached to an aromatic ring is 1. The third-order valence-corrected chi connectivity index (χ3v) is 2.06. The maximum atomic E-state index is 11.1. The Morgan fingerprint density at radius 1 is 1.27 bits per heavy atom. The first-order valence-corrected chi connectivity index (χ1v) is 5.01. The Hall–Kier alpha value is -1.72. The van der Waals surface area contributed by atoms with Crippen LogP contribution in [0.25, 0.3) is 0 Å². The molecule has 6 heteroatoms. The summed E-state index contributed by atoms with van der Waals surface area (Å²) >= 11 is 0. The van der Waals surface area contributed by atoms with Crippen molar-refractivity contribution < 1.29 is 0 Å². The van der Waals surface area contributed by atoms with Crippen LogP contribution in [0.3, 0.4) is 0 Å². The summed E-state index contributed by atoms with van der Waals surface area (Å²) in [6, 6.07) is 0. The van der Waals surface area contributed by atoms with Crippen molar-refractivity contribution in [1.82, 2.24) is 9.97 Å². The van der Waals surface area contributed by atoms with Gasteiger partial charge >= 0.3 is 5.69 Å². The third-order valence-electron chi connectivity index (χ3n) is 2.06. The molecule has 0 aromatic carbocycles. The van der Waals surface area contributed by atoms with Gasteiger partial charge in [0.1, 0.15) is 11.5 Å². The minimum atomic E-state index is -0.559. The van der Waals surface area contributed by atoms with E-state index in [0.29, 0.717) is 12.4 Å². The highest BCUT2D eigenvalue weighted by molar-refractivity contribution is 5.58. The molecule has 0 aliphatic heterocycles. The SMILES string of the molecule is CCCCCNc1[nH]c(=O)[nH]c(=O)c1N. The van der Waals surface area contributed by atoms with Gasteiger partial charge in [-0.05, 0) is 6.42 Å². The first-order chi connectivity index (χ1) is 7.15. The minimum Gasteiger partial charge on any atom is -0.391 e. The van der Waals surface area contributed by atoms with E-state index in [1.807, 2.05) is 4.98 Å². The second kappa shape index (κ2) is 5.23. The number of hydrogen-bond acceptors (Lipinski definition) is 4. The number of hydrogen-bond donors (Lipinski definition) is 4. The smallest absolute Gasteiger partial charge is 0.327 e. The zero-order chi connectivity index (χ0) is 11.3. The lowest BCUT2D eigenvalue weighted by molar-refractivity contribution is 0.742. The molecule has 0 fully saturated rings. The summed E-state index contributed by atoms with van der Waals surface area (Å²) in [5, 5.41) is 2.93. The number of nitrogens with two attached hydrogens (primary N) is 1. The van der Waals surface area contributed by atoms with Gasteiger partial charge in [-0.15, -0.1) is 0 Å². The van der Waals surface area contributed by atoms with Gasteiger partial charge in [0.25, 0.3) is 5.56 Å². The number of nitrogens with one attached hydrogen (secondary N) is 3. The average Bonchev–Trinajstić information content (AvgIpc) is 2.19. The molecule has 1 heterocycles. The maximum Gasteiger partial charge on any atom is 0.327 e. The molecule has 5 N–H and O–H groups in total. The molecule has 15 heavy (non-hydrogen) atoms. The fourth-order valence-electron chi connectivity index (χ4n) is 1.22. The topological polar surface area (TPSA) is 104 Å². The predicted octanol–water partition coefficient (Wildman–Crippen LogP) is 0.248. The van der Waals surface area contributed by atoms with Crippen molar-refractivity contribution in [3.63, 3.8) is 0 Å². The van der Waals surface area contributed by atoms with E-state index in [-0.39, 0.29) is 5.69 Å². The van der Waals surface area contributed by atoms with Crippen LogP contribution in [-0.2, 0) is 0 Å². The summed E-state index contributed by atoms with van der Waals surface area (Å²) in [6.07, 6.45) is 3.19. The Morgan fingerprint density at radius 2 is 2.00 bits per heavy atom. The summed E-state index contributed by atoms with van der Waals surface area (Å²) in [4.78, 5) is 26.5. The summed E-state index contributed by atoms with van der Waals surface area (Å²) in [7, 11) is 0. The van der Waals surface area contributed by atoms with Crippen LogP contribution in [0.15, 0.2) is 9.59 Å². The van der Waals surface area contributed by atoms with Gasteiger partial charge in [0, 0.05) is 6.54 Å². The Balaban J connectivity index is 2.69. The molecular weight excluding hydrogens is 196 g/mol. The molecule has 0 saturated heterocycles. The van der Waals surface area contributed by atoms with Gasteiger partial charge < -0.3 is 11.1 Å². The molecule has 1 rings (SSSR count). The molecule has 0 aliphatic carbocycles. The van der Waals surface area contributed by atoms with Crippen LogP contribution in [0.4, 0.5) is 11.5 Å². The molecule has 0 saturated carbocycles. The molecule has 1 aromatic rings. The van der Waals surface area contributed by atoms with Gasteiger partial charge in [-0.25, -0.2) is 4.79 Å². The van der Waals surface area contributed by atoms with Gasteiger partial charge in [-0.2, -0.15) is 0 Å². The number of anilines is 2.